The molecule has 2 rings (SSSR count). The molecule has 0 aliphatic carbocycles. The molecule has 0 atom stereocenters. The van der Waals surface area contributed by atoms with Crippen LogP contribution in [0.4, 0.5) is 13.2 Å². The zero-order valence-corrected chi connectivity index (χ0v) is 7.82. The molecule has 6 heteroatoms. The predicted octanol–water partition coefficient (Wildman–Crippen LogP) is 2.69. The molecule has 0 aliphatic rings. The van der Waals surface area contributed by atoms with Gasteiger partial charge in [-0.2, -0.15) is 4.39 Å². The lowest BCUT2D eigenvalue weighted by Crippen LogP contribution is -1.93. The monoisotopic (exact) mass is 226 g/mol. The fraction of sp³-hybridized carbons (Fsp3) is 0. The Morgan fingerprint density at radius 3 is 2.56 bits per heavy atom. The number of aromatic nitrogens is 2. The van der Waals surface area contributed by atoms with Gasteiger partial charge in [0.25, 0.3) is 0 Å². The van der Waals surface area contributed by atoms with Crippen molar-refractivity contribution in [3.8, 4) is 11.6 Å². The molecule has 0 amide bonds. The first-order chi connectivity index (χ1) is 7.65. The molecule has 0 aliphatic heterocycles. The molecule has 0 radical (unpaired) electrons. The summed E-state index contributed by atoms with van der Waals surface area (Å²) in [6.45, 7) is 0. The van der Waals surface area contributed by atoms with E-state index in [1.807, 2.05) is 0 Å². The first kappa shape index (κ1) is 10.4. The number of halogens is 3. The molecule has 1 aromatic heterocycles. The highest BCUT2D eigenvalue weighted by Gasteiger charge is 2.07. The predicted molar refractivity (Wildman–Crippen MR) is 48.4 cm³/mol. The van der Waals surface area contributed by atoms with Crippen LogP contribution in [0.3, 0.4) is 0 Å². The third-order valence-corrected chi connectivity index (χ3v) is 1.72. The quantitative estimate of drug-likeness (QED) is 0.738. The van der Waals surface area contributed by atoms with Gasteiger partial charge in [0.1, 0.15) is 12.1 Å². The van der Waals surface area contributed by atoms with Crippen molar-refractivity contribution in [3.63, 3.8) is 0 Å². The van der Waals surface area contributed by atoms with Crippen molar-refractivity contribution in [1.29, 1.82) is 0 Å². The second-order valence-corrected chi connectivity index (χ2v) is 2.86. The van der Waals surface area contributed by atoms with Gasteiger partial charge < -0.3 is 4.74 Å². The van der Waals surface area contributed by atoms with Crippen molar-refractivity contribution in [3.05, 3.63) is 48.2 Å². The minimum atomic E-state index is -0.818. The zero-order chi connectivity index (χ0) is 11.5. The molecule has 0 N–H and O–H groups in total. The lowest BCUT2D eigenvalue weighted by atomic mass is 10.3. The third kappa shape index (κ3) is 2.28. The first-order valence-corrected chi connectivity index (χ1v) is 4.25. The summed E-state index contributed by atoms with van der Waals surface area (Å²) in [6, 6.07) is 3.56. The van der Waals surface area contributed by atoms with Crippen LogP contribution in [0.25, 0.3) is 0 Å². The van der Waals surface area contributed by atoms with E-state index in [4.69, 9.17) is 4.74 Å². The molecule has 0 saturated heterocycles. The van der Waals surface area contributed by atoms with E-state index >= 15 is 0 Å². The number of hydrogen-bond acceptors (Lipinski definition) is 3. The van der Waals surface area contributed by atoms with Crippen molar-refractivity contribution in [1.82, 2.24) is 9.97 Å². The van der Waals surface area contributed by atoms with Crippen molar-refractivity contribution in [2.45, 2.75) is 0 Å². The van der Waals surface area contributed by atoms with Gasteiger partial charge in [0.05, 0.1) is 6.07 Å². The summed E-state index contributed by atoms with van der Waals surface area (Å²) in [7, 11) is 0. The zero-order valence-electron chi connectivity index (χ0n) is 7.82. The van der Waals surface area contributed by atoms with Crippen LogP contribution in [0.2, 0.25) is 0 Å². The fourth-order valence-electron chi connectivity index (χ4n) is 1.04. The summed E-state index contributed by atoms with van der Waals surface area (Å²) in [6.07, 6.45) is 0.919. The van der Waals surface area contributed by atoms with Crippen molar-refractivity contribution in [2.24, 2.45) is 0 Å². The molecule has 16 heavy (non-hydrogen) atoms. The summed E-state index contributed by atoms with van der Waals surface area (Å²) in [5, 5.41) is 0. The first-order valence-electron chi connectivity index (χ1n) is 4.25. The SMILES string of the molecule is Fc1ccc(F)c(Oc2cc(F)ncn2)c1. The molecule has 0 fully saturated rings. The van der Waals surface area contributed by atoms with E-state index in [-0.39, 0.29) is 11.6 Å². The second-order valence-electron chi connectivity index (χ2n) is 2.86. The van der Waals surface area contributed by atoms with Gasteiger partial charge in [0.15, 0.2) is 11.6 Å². The number of rotatable bonds is 2. The van der Waals surface area contributed by atoms with Crippen LogP contribution in [0, 0.1) is 17.6 Å². The lowest BCUT2D eigenvalue weighted by molar-refractivity contribution is 0.415. The maximum Gasteiger partial charge on any atom is 0.225 e. The summed E-state index contributed by atoms with van der Waals surface area (Å²) in [4.78, 5) is 6.74. The van der Waals surface area contributed by atoms with Gasteiger partial charge in [-0.1, -0.05) is 0 Å². The topological polar surface area (TPSA) is 35.0 Å². The minimum Gasteiger partial charge on any atom is -0.436 e. The largest absolute Gasteiger partial charge is 0.436 e. The van der Waals surface area contributed by atoms with Crippen LogP contribution in [0.5, 0.6) is 11.6 Å². The molecule has 0 saturated carbocycles. The van der Waals surface area contributed by atoms with E-state index in [0.29, 0.717) is 0 Å². The number of nitrogens with zero attached hydrogens (tertiary/aromatic N) is 2. The molecule has 82 valence electrons. The average Bonchev–Trinajstić information content (AvgIpc) is 2.24. The minimum absolute atomic E-state index is 0.197. The van der Waals surface area contributed by atoms with Crippen LogP contribution in [0.1, 0.15) is 0 Å². The Morgan fingerprint density at radius 1 is 1.00 bits per heavy atom. The fourth-order valence-corrected chi connectivity index (χ4v) is 1.04. The Kier molecular flexibility index (Phi) is 2.72. The molecular formula is C10H5F3N2O. The summed E-state index contributed by atoms with van der Waals surface area (Å²) in [5.74, 6) is -2.80. The van der Waals surface area contributed by atoms with Crippen LogP contribution in [-0.2, 0) is 0 Å². The summed E-state index contributed by atoms with van der Waals surface area (Å²) >= 11 is 0. The Labute approximate surface area is 88.5 Å². The maximum atomic E-state index is 13.1. The third-order valence-electron chi connectivity index (χ3n) is 1.72. The average molecular weight is 226 g/mol. The Morgan fingerprint density at radius 2 is 1.81 bits per heavy atom. The summed E-state index contributed by atoms with van der Waals surface area (Å²) < 4.78 is 43.4. The molecule has 0 spiro atoms. The molecule has 2 aromatic rings. The van der Waals surface area contributed by atoms with Crippen molar-refractivity contribution < 1.29 is 17.9 Å². The van der Waals surface area contributed by atoms with E-state index in [1.165, 1.54) is 0 Å². The second kappa shape index (κ2) is 4.18. The van der Waals surface area contributed by atoms with Gasteiger partial charge in [0.2, 0.25) is 11.8 Å². The van der Waals surface area contributed by atoms with Crippen molar-refractivity contribution in [2.75, 3.05) is 0 Å². The highest BCUT2D eigenvalue weighted by atomic mass is 19.1. The van der Waals surface area contributed by atoms with Gasteiger partial charge >= 0.3 is 0 Å². The van der Waals surface area contributed by atoms with Gasteiger partial charge in [-0.05, 0) is 12.1 Å². The van der Waals surface area contributed by atoms with E-state index < -0.39 is 17.6 Å². The Hall–Kier alpha value is -2.11. The molecule has 0 bridgehead atoms. The Balaban J connectivity index is 2.30. The number of benzene rings is 1. The van der Waals surface area contributed by atoms with Gasteiger partial charge in [0, 0.05) is 6.07 Å². The van der Waals surface area contributed by atoms with Crippen LogP contribution in [0.15, 0.2) is 30.6 Å². The molecule has 3 nitrogen and oxygen atoms in total. The van der Waals surface area contributed by atoms with Gasteiger partial charge in [-0.3, -0.25) is 0 Å². The number of ether oxygens (including phenoxy) is 1. The van der Waals surface area contributed by atoms with E-state index in [9.17, 15) is 13.2 Å². The standard InChI is InChI=1S/C10H5F3N2O/c11-6-1-2-7(12)8(3-6)16-10-4-9(13)14-5-15-10/h1-5H. The smallest absolute Gasteiger partial charge is 0.225 e. The van der Waals surface area contributed by atoms with E-state index in [2.05, 4.69) is 9.97 Å². The van der Waals surface area contributed by atoms with Gasteiger partial charge in [-0.25, -0.2) is 18.7 Å². The lowest BCUT2D eigenvalue weighted by Gasteiger charge is -2.04. The maximum absolute atomic E-state index is 13.1. The van der Waals surface area contributed by atoms with E-state index in [1.54, 1.807) is 0 Å². The highest BCUT2D eigenvalue weighted by Crippen LogP contribution is 2.23. The van der Waals surface area contributed by atoms with Crippen LogP contribution in [-0.4, -0.2) is 9.97 Å². The summed E-state index contributed by atoms with van der Waals surface area (Å²) in [5.41, 5.74) is 0. The van der Waals surface area contributed by atoms with Crippen LogP contribution >= 0.6 is 0 Å². The molecule has 1 aromatic carbocycles. The van der Waals surface area contributed by atoms with E-state index in [0.717, 1.165) is 30.6 Å². The molecule has 1 heterocycles. The number of hydrogen-bond donors (Lipinski definition) is 0. The Bertz CT molecular complexity index is 519. The van der Waals surface area contributed by atoms with Crippen LogP contribution < -0.4 is 4.74 Å². The highest BCUT2D eigenvalue weighted by molar-refractivity contribution is 5.28. The van der Waals surface area contributed by atoms with Crippen molar-refractivity contribution >= 4 is 0 Å². The van der Waals surface area contributed by atoms with Gasteiger partial charge in [-0.15, -0.1) is 0 Å². The molecular weight excluding hydrogens is 221 g/mol. The normalized spacial score (nSPS) is 10.2. The molecule has 0 unspecified atom stereocenters.